The fraction of sp³-hybridized carbons (Fsp3) is 0.692. The van der Waals surface area contributed by atoms with Crippen molar-refractivity contribution in [2.75, 3.05) is 6.54 Å². The van der Waals surface area contributed by atoms with Crippen molar-refractivity contribution in [1.29, 1.82) is 0 Å². The average Bonchev–Trinajstić information content (AvgIpc) is 2.79. The van der Waals surface area contributed by atoms with E-state index in [1.807, 2.05) is 6.92 Å². The number of thiophene rings is 1. The van der Waals surface area contributed by atoms with Crippen LogP contribution in [-0.2, 0) is 14.8 Å². The standard InChI is InChI=1S/C13H21NO6S2/c1-6-4-10(8(3)21-6)22(18,19)14-5-9-12(16)13(17)11(15)7(2)20-9/h4,7,9,11-17H,5H2,1-3H3/t7-,9+,11+,12+,13+/m0/s1. The smallest absolute Gasteiger partial charge is 0.241 e. The molecule has 2 rings (SSSR count). The van der Waals surface area contributed by atoms with Crippen molar-refractivity contribution in [1.82, 2.24) is 4.72 Å². The molecule has 0 aromatic carbocycles. The van der Waals surface area contributed by atoms with Gasteiger partial charge in [0, 0.05) is 16.3 Å². The van der Waals surface area contributed by atoms with E-state index in [9.17, 15) is 23.7 Å². The summed E-state index contributed by atoms with van der Waals surface area (Å²) in [4.78, 5) is 1.77. The number of nitrogens with one attached hydrogen (secondary N) is 1. The molecule has 0 amide bonds. The summed E-state index contributed by atoms with van der Waals surface area (Å²) in [5.41, 5.74) is 0. The third-order valence-corrected chi connectivity index (χ3v) is 6.36. The zero-order valence-corrected chi connectivity index (χ0v) is 14.2. The van der Waals surface area contributed by atoms with Gasteiger partial charge in [0.25, 0.3) is 0 Å². The van der Waals surface area contributed by atoms with E-state index in [4.69, 9.17) is 4.74 Å². The van der Waals surface area contributed by atoms with E-state index in [0.717, 1.165) is 4.88 Å². The van der Waals surface area contributed by atoms with E-state index in [1.54, 1.807) is 19.9 Å². The quantitative estimate of drug-likeness (QED) is 0.582. The molecule has 0 saturated carbocycles. The molecule has 9 heteroatoms. The largest absolute Gasteiger partial charge is 0.388 e. The van der Waals surface area contributed by atoms with Gasteiger partial charge < -0.3 is 20.1 Å². The summed E-state index contributed by atoms with van der Waals surface area (Å²) < 4.78 is 32.3. The van der Waals surface area contributed by atoms with Gasteiger partial charge in [-0.05, 0) is 26.8 Å². The number of ether oxygens (including phenoxy) is 1. The normalized spacial score (nSPS) is 33.1. The monoisotopic (exact) mass is 351 g/mol. The number of hydrogen-bond donors (Lipinski definition) is 4. The molecule has 2 heterocycles. The Morgan fingerprint density at radius 3 is 2.41 bits per heavy atom. The van der Waals surface area contributed by atoms with Crippen LogP contribution in [-0.4, -0.2) is 60.8 Å². The van der Waals surface area contributed by atoms with Gasteiger partial charge in [0.2, 0.25) is 10.0 Å². The highest BCUT2D eigenvalue weighted by Crippen LogP contribution is 2.25. The Hall–Kier alpha value is -0.550. The third-order valence-electron chi connectivity index (χ3n) is 3.71. The molecule has 1 aliphatic heterocycles. The Balaban J connectivity index is 2.07. The summed E-state index contributed by atoms with van der Waals surface area (Å²) in [6.45, 7) is 4.91. The minimum absolute atomic E-state index is 0.189. The van der Waals surface area contributed by atoms with E-state index in [0.29, 0.717) is 4.88 Å². The second-order valence-electron chi connectivity index (χ2n) is 5.48. The van der Waals surface area contributed by atoms with Gasteiger partial charge >= 0.3 is 0 Å². The van der Waals surface area contributed by atoms with E-state index >= 15 is 0 Å². The molecular weight excluding hydrogens is 330 g/mol. The maximum Gasteiger partial charge on any atom is 0.241 e. The van der Waals surface area contributed by atoms with Gasteiger partial charge in [0.1, 0.15) is 24.4 Å². The number of aryl methyl sites for hydroxylation is 2. The lowest BCUT2D eigenvalue weighted by Gasteiger charge is -2.39. The molecular formula is C13H21NO6S2. The number of aliphatic hydroxyl groups excluding tert-OH is 3. The van der Waals surface area contributed by atoms with Crippen LogP contribution in [0.2, 0.25) is 0 Å². The van der Waals surface area contributed by atoms with Crippen LogP contribution in [0, 0.1) is 13.8 Å². The Bertz CT molecular complexity index is 628. The summed E-state index contributed by atoms with van der Waals surface area (Å²) in [7, 11) is -3.72. The Morgan fingerprint density at radius 2 is 1.86 bits per heavy atom. The molecule has 0 bridgehead atoms. The topological polar surface area (TPSA) is 116 Å². The molecule has 126 valence electrons. The highest BCUT2D eigenvalue weighted by molar-refractivity contribution is 7.89. The van der Waals surface area contributed by atoms with Crippen molar-refractivity contribution in [2.45, 2.75) is 56.2 Å². The molecule has 1 aliphatic rings. The van der Waals surface area contributed by atoms with Crippen LogP contribution < -0.4 is 4.72 Å². The van der Waals surface area contributed by atoms with Crippen LogP contribution in [0.25, 0.3) is 0 Å². The first-order chi connectivity index (χ1) is 10.1. The van der Waals surface area contributed by atoms with Crippen molar-refractivity contribution in [3.8, 4) is 0 Å². The molecule has 4 N–H and O–H groups in total. The van der Waals surface area contributed by atoms with Crippen molar-refractivity contribution in [2.24, 2.45) is 0 Å². The molecule has 1 fully saturated rings. The van der Waals surface area contributed by atoms with Crippen LogP contribution >= 0.6 is 11.3 Å². The predicted octanol–water partition coefficient (Wildman–Crippen LogP) is -0.487. The lowest BCUT2D eigenvalue weighted by atomic mass is 9.96. The first-order valence-corrected chi connectivity index (χ1v) is 9.20. The summed E-state index contributed by atoms with van der Waals surface area (Å²) in [6.07, 6.45) is -5.56. The summed E-state index contributed by atoms with van der Waals surface area (Å²) in [5.74, 6) is 0. The van der Waals surface area contributed by atoms with Crippen LogP contribution in [0.5, 0.6) is 0 Å². The highest BCUT2D eigenvalue weighted by atomic mass is 32.2. The first-order valence-electron chi connectivity index (χ1n) is 6.90. The molecule has 5 atom stereocenters. The van der Waals surface area contributed by atoms with Gasteiger partial charge in [-0.2, -0.15) is 0 Å². The minimum Gasteiger partial charge on any atom is -0.388 e. The second kappa shape index (κ2) is 6.52. The Labute approximate surface area is 133 Å². The molecule has 0 spiro atoms. The van der Waals surface area contributed by atoms with Gasteiger partial charge in [-0.15, -0.1) is 11.3 Å². The Kier molecular flexibility index (Phi) is 5.27. The van der Waals surface area contributed by atoms with Gasteiger partial charge in [-0.3, -0.25) is 0 Å². The Morgan fingerprint density at radius 1 is 1.23 bits per heavy atom. The van der Waals surface area contributed by atoms with Gasteiger partial charge in [-0.1, -0.05) is 0 Å². The van der Waals surface area contributed by atoms with Crippen LogP contribution in [0.4, 0.5) is 0 Å². The van der Waals surface area contributed by atoms with Crippen molar-refractivity contribution >= 4 is 21.4 Å². The molecule has 1 aromatic rings. The molecule has 1 aromatic heterocycles. The lowest BCUT2D eigenvalue weighted by Crippen LogP contribution is -2.59. The van der Waals surface area contributed by atoms with Gasteiger partial charge in [0.05, 0.1) is 11.0 Å². The number of rotatable bonds is 4. The summed E-state index contributed by atoms with van der Waals surface area (Å²) >= 11 is 1.39. The van der Waals surface area contributed by atoms with Gasteiger partial charge in [-0.25, -0.2) is 13.1 Å². The molecule has 22 heavy (non-hydrogen) atoms. The molecule has 0 aliphatic carbocycles. The van der Waals surface area contributed by atoms with E-state index in [1.165, 1.54) is 11.3 Å². The third kappa shape index (κ3) is 3.51. The predicted molar refractivity (Wildman–Crippen MR) is 81.3 cm³/mol. The van der Waals surface area contributed by atoms with Crippen LogP contribution in [0.15, 0.2) is 11.0 Å². The maximum absolute atomic E-state index is 12.3. The van der Waals surface area contributed by atoms with Crippen LogP contribution in [0.3, 0.4) is 0 Å². The maximum atomic E-state index is 12.3. The lowest BCUT2D eigenvalue weighted by molar-refractivity contribution is -0.214. The average molecular weight is 351 g/mol. The zero-order chi connectivity index (χ0) is 16.7. The molecule has 7 nitrogen and oxygen atoms in total. The fourth-order valence-corrected chi connectivity index (χ4v) is 5.05. The van der Waals surface area contributed by atoms with Gasteiger partial charge in [0.15, 0.2) is 0 Å². The molecule has 0 radical (unpaired) electrons. The first kappa shape index (κ1) is 17.8. The molecule has 0 unspecified atom stereocenters. The summed E-state index contributed by atoms with van der Waals surface area (Å²) in [6, 6.07) is 1.59. The number of hydrogen-bond acceptors (Lipinski definition) is 7. The number of sulfonamides is 1. The molecule has 1 saturated heterocycles. The van der Waals surface area contributed by atoms with E-state index in [2.05, 4.69) is 4.72 Å². The van der Waals surface area contributed by atoms with Crippen molar-refractivity contribution in [3.63, 3.8) is 0 Å². The van der Waals surface area contributed by atoms with Crippen LogP contribution in [0.1, 0.15) is 16.7 Å². The minimum atomic E-state index is -3.72. The fourth-order valence-electron chi connectivity index (χ4n) is 2.45. The van der Waals surface area contributed by atoms with Crippen molar-refractivity contribution in [3.05, 3.63) is 15.8 Å². The second-order valence-corrected chi connectivity index (χ2v) is 8.68. The number of aliphatic hydroxyl groups is 3. The zero-order valence-electron chi connectivity index (χ0n) is 12.6. The van der Waals surface area contributed by atoms with Crippen molar-refractivity contribution < 1.29 is 28.5 Å². The van der Waals surface area contributed by atoms with E-state index < -0.39 is 40.5 Å². The van der Waals surface area contributed by atoms with E-state index in [-0.39, 0.29) is 11.4 Å². The SMILES string of the molecule is Cc1cc(S(=O)(=O)NC[C@H]2O[C@@H](C)[C@@H](O)[C@@H](O)[C@@H]2O)c(C)s1. The highest BCUT2D eigenvalue weighted by Gasteiger charge is 2.42. The summed E-state index contributed by atoms with van der Waals surface area (Å²) in [5, 5.41) is 29.2.